The second-order valence-electron chi connectivity index (χ2n) is 6.81. The lowest BCUT2D eigenvalue weighted by Crippen LogP contribution is -2.54. The Morgan fingerprint density at radius 1 is 0.920 bits per heavy atom. The largest absolute Gasteiger partial charge is 0.383 e. The number of piperazine rings is 2. The van der Waals surface area contributed by atoms with Crippen LogP contribution in [0.2, 0.25) is 0 Å². The van der Waals surface area contributed by atoms with E-state index in [1.54, 1.807) is 7.11 Å². The van der Waals surface area contributed by atoms with Gasteiger partial charge in [-0.3, -0.25) is 14.6 Å². The molecular weight excluding hydrogens is 316 g/mol. The van der Waals surface area contributed by atoms with Crippen molar-refractivity contribution in [2.75, 3.05) is 84.1 Å². The Labute approximate surface area is 150 Å². The van der Waals surface area contributed by atoms with E-state index in [4.69, 9.17) is 4.74 Å². The van der Waals surface area contributed by atoms with Gasteiger partial charge in [-0.15, -0.1) is 0 Å². The van der Waals surface area contributed by atoms with E-state index in [0.717, 1.165) is 65.5 Å². The summed E-state index contributed by atoms with van der Waals surface area (Å²) in [4.78, 5) is 21.7. The molecule has 0 bridgehead atoms. The van der Waals surface area contributed by atoms with Crippen LogP contribution in [0, 0.1) is 0 Å². The normalized spacial score (nSPS) is 20.0. The van der Waals surface area contributed by atoms with Crippen LogP contribution in [0.4, 0.5) is 5.69 Å². The maximum atomic E-state index is 12.6. The number of ether oxygens (including phenoxy) is 1. The predicted octanol–water partition coefficient (Wildman–Crippen LogP) is 0.599. The Balaban J connectivity index is 1.39. The topological polar surface area (TPSA) is 39.3 Å². The lowest BCUT2D eigenvalue weighted by molar-refractivity contribution is -0.133. The number of hydrogen-bond donors (Lipinski definition) is 0. The van der Waals surface area contributed by atoms with Gasteiger partial charge in [0, 0.05) is 71.7 Å². The van der Waals surface area contributed by atoms with Crippen molar-refractivity contribution in [1.29, 1.82) is 0 Å². The number of para-hydroxylation sites is 1. The first-order valence-electron chi connectivity index (χ1n) is 9.27. The highest BCUT2D eigenvalue weighted by molar-refractivity contribution is 5.78. The van der Waals surface area contributed by atoms with Gasteiger partial charge in [-0.05, 0) is 12.1 Å². The number of benzene rings is 1. The third-order valence-corrected chi connectivity index (χ3v) is 5.19. The molecular formula is C19H30N4O2. The highest BCUT2D eigenvalue weighted by atomic mass is 16.5. The zero-order chi connectivity index (χ0) is 17.5. The van der Waals surface area contributed by atoms with Gasteiger partial charge < -0.3 is 14.5 Å². The van der Waals surface area contributed by atoms with Gasteiger partial charge in [-0.1, -0.05) is 18.2 Å². The molecule has 0 atom stereocenters. The third kappa shape index (κ3) is 5.17. The van der Waals surface area contributed by atoms with Crippen LogP contribution in [0.5, 0.6) is 0 Å². The maximum Gasteiger partial charge on any atom is 0.236 e. The molecule has 138 valence electrons. The van der Waals surface area contributed by atoms with Crippen LogP contribution in [0.25, 0.3) is 0 Å². The predicted molar refractivity (Wildman–Crippen MR) is 100.0 cm³/mol. The van der Waals surface area contributed by atoms with Crippen molar-refractivity contribution < 1.29 is 9.53 Å². The number of nitrogens with zero attached hydrogens (tertiary/aromatic N) is 4. The Bertz CT molecular complexity index is 523. The standard InChI is InChI=1S/C19H30N4O2/c1-25-16-15-20-7-9-21(10-8-20)17-19(24)23-13-11-22(12-14-23)18-5-3-2-4-6-18/h2-6H,7-17H2,1H3. The molecule has 0 unspecified atom stereocenters. The molecule has 2 saturated heterocycles. The molecule has 2 fully saturated rings. The minimum Gasteiger partial charge on any atom is -0.383 e. The van der Waals surface area contributed by atoms with E-state index in [-0.39, 0.29) is 5.91 Å². The summed E-state index contributed by atoms with van der Waals surface area (Å²) >= 11 is 0. The molecule has 25 heavy (non-hydrogen) atoms. The first-order chi connectivity index (χ1) is 12.3. The fraction of sp³-hybridized carbons (Fsp3) is 0.632. The lowest BCUT2D eigenvalue weighted by atomic mass is 10.2. The average molecular weight is 346 g/mol. The molecule has 1 aromatic carbocycles. The van der Waals surface area contributed by atoms with Crippen LogP contribution in [-0.2, 0) is 9.53 Å². The van der Waals surface area contributed by atoms with Gasteiger partial charge in [0.2, 0.25) is 5.91 Å². The van der Waals surface area contributed by atoms with Crippen molar-refractivity contribution in [2.24, 2.45) is 0 Å². The Kier molecular flexibility index (Phi) is 6.67. The number of methoxy groups -OCH3 is 1. The zero-order valence-corrected chi connectivity index (χ0v) is 15.3. The average Bonchev–Trinajstić information content (AvgIpc) is 2.68. The molecule has 2 aliphatic rings. The van der Waals surface area contributed by atoms with Crippen molar-refractivity contribution >= 4 is 11.6 Å². The summed E-state index contributed by atoms with van der Waals surface area (Å²) in [6.45, 7) is 9.80. The van der Waals surface area contributed by atoms with Crippen LogP contribution in [0.15, 0.2) is 30.3 Å². The Morgan fingerprint density at radius 3 is 2.20 bits per heavy atom. The quantitative estimate of drug-likeness (QED) is 0.754. The molecule has 2 aliphatic heterocycles. The summed E-state index contributed by atoms with van der Waals surface area (Å²) in [6, 6.07) is 10.5. The molecule has 0 radical (unpaired) electrons. The van der Waals surface area contributed by atoms with E-state index in [0.29, 0.717) is 6.54 Å². The number of amides is 1. The van der Waals surface area contributed by atoms with Crippen LogP contribution >= 0.6 is 0 Å². The second-order valence-corrected chi connectivity index (χ2v) is 6.81. The smallest absolute Gasteiger partial charge is 0.236 e. The molecule has 0 N–H and O–H groups in total. The van der Waals surface area contributed by atoms with E-state index >= 15 is 0 Å². The monoisotopic (exact) mass is 346 g/mol. The van der Waals surface area contributed by atoms with Crippen LogP contribution in [0.1, 0.15) is 0 Å². The highest BCUT2D eigenvalue weighted by Crippen LogP contribution is 2.15. The Morgan fingerprint density at radius 2 is 1.56 bits per heavy atom. The summed E-state index contributed by atoms with van der Waals surface area (Å²) in [5.41, 5.74) is 1.25. The number of rotatable bonds is 6. The van der Waals surface area contributed by atoms with Gasteiger partial charge >= 0.3 is 0 Å². The summed E-state index contributed by atoms with van der Waals surface area (Å²) in [5.74, 6) is 0.276. The van der Waals surface area contributed by atoms with Gasteiger partial charge in [0.15, 0.2) is 0 Å². The third-order valence-electron chi connectivity index (χ3n) is 5.19. The minimum absolute atomic E-state index is 0.276. The number of carbonyl (C=O) groups is 1. The summed E-state index contributed by atoms with van der Waals surface area (Å²) in [7, 11) is 1.74. The van der Waals surface area contributed by atoms with Crippen LogP contribution in [0.3, 0.4) is 0 Å². The van der Waals surface area contributed by atoms with Crippen LogP contribution in [-0.4, -0.2) is 99.8 Å². The molecule has 0 spiro atoms. The van der Waals surface area contributed by atoms with Gasteiger partial charge in [0.25, 0.3) is 0 Å². The van der Waals surface area contributed by atoms with E-state index < -0.39 is 0 Å². The van der Waals surface area contributed by atoms with E-state index in [2.05, 4.69) is 39.0 Å². The summed E-state index contributed by atoms with van der Waals surface area (Å²) < 4.78 is 5.14. The molecule has 6 heteroatoms. The second kappa shape index (κ2) is 9.17. The molecule has 6 nitrogen and oxygen atoms in total. The summed E-state index contributed by atoms with van der Waals surface area (Å²) in [5, 5.41) is 0. The first-order valence-corrected chi connectivity index (χ1v) is 9.27. The number of anilines is 1. The minimum atomic E-state index is 0.276. The van der Waals surface area contributed by atoms with Crippen molar-refractivity contribution in [2.45, 2.75) is 0 Å². The fourth-order valence-electron chi connectivity index (χ4n) is 3.54. The van der Waals surface area contributed by atoms with E-state index in [9.17, 15) is 4.79 Å². The lowest BCUT2D eigenvalue weighted by Gasteiger charge is -2.38. The van der Waals surface area contributed by atoms with Gasteiger partial charge in [-0.25, -0.2) is 0 Å². The fourth-order valence-corrected chi connectivity index (χ4v) is 3.54. The van der Waals surface area contributed by atoms with E-state index in [1.165, 1.54) is 5.69 Å². The molecule has 0 aliphatic carbocycles. The van der Waals surface area contributed by atoms with Gasteiger partial charge in [0.1, 0.15) is 0 Å². The Hall–Kier alpha value is -1.63. The summed E-state index contributed by atoms with van der Waals surface area (Å²) in [6.07, 6.45) is 0. The van der Waals surface area contributed by atoms with Crippen LogP contribution < -0.4 is 4.90 Å². The zero-order valence-electron chi connectivity index (χ0n) is 15.3. The van der Waals surface area contributed by atoms with Crippen molar-refractivity contribution in [3.63, 3.8) is 0 Å². The van der Waals surface area contributed by atoms with E-state index in [1.807, 2.05) is 11.0 Å². The molecule has 0 saturated carbocycles. The highest BCUT2D eigenvalue weighted by Gasteiger charge is 2.24. The van der Waals surface area contributed by atoms with Gasteiger partial charge in [-0.2, -0.15) is 0 Å². The number of carbonyl (C=O) groups excluding carboxylic acids is 1. The van der Waals surface area contributed by atoms with Crippen molar-refractivity contribution in [1.82, 2.24) is 14.7 Å². The SMILES string of the molecule is COCCN1CCN(CC(=O)N2CCN(c3ccccc3)CC2)CC1. The number of hydrogen-bond acceptors (Lipinski definition) is 5. The first kappa shape index (κ1) is 18.2. The van der Waals surface area contributed by atoms with Crippen molar-refractivity contribution in [3.05, 3.63) is 30.3 Å². The molecule has 0 aromatic heterocycles. The molecule has 2 heterocycles. The molecule has 3 rings (SSSR count). The molecule has 1 aromatic rings. The molecule has 1 amide bonds. The van der Waals surface area contributed by atoms with Gasteiger partial charge in [0.05, 0.1) is 13.2 Å². The van der Waals surface area contributed by atoms with Crippen molar-refractivity contribution in [3.8, 4) is 0 Å². The maximum absolute atomic E-state index is 12.6.